The molecule has 1 heterocycles. The number of nitrogens with zero attached hydrogens (tertiary/aromatic N) is 1. The van der Waals surface area contributed by atoms with Crippen molar-refractivity contribution in [1.82, 2.24) is 4.98 Å². The van der Waals surface area contributed by atoms with Gasteiger partial charge in [-0.2, -0.15) is 0 Å². The lowest BCUT2D eigenvalue weighted by molar-refractivity contribution is -0.145. The predicted molar refractivity (Wildman–Crippen MR) is 74.2 cm³/mol. The van der Waals surface area contributed by atoms with Crippen LogP contribution in [0.2, 0.25) is 0 Å². The number of anilines is 1. The summed E-state index contributed by atoms with van der Waals surface area (Å²) in [6.07, 6.45) is 1.47. The van der Waals surface area contributed by atoms with Crippen LogP contribution in [0.3, 0.4) is 0 Å². The zero-order chi connectivity index (χ0) is 14.4. The molecule has 19 heavy (non-hydrogen) atoms. The smallest absolute Gasteiger partial charge is 0.344 e. The first-order valence-corrected chi connectivity index (χ1v) is 6.64. The van der Waals surface area contributed by atoms with E-state index in [4.69, 9.17) is 19.9 Å². The second-order valence-electron chi connectivity index (χ2n) is 3.91. The highest BCUT2D eigenvalue weighted by molar-refractivity contribution is 9.10. The zero-order valence-corrected chi connectivity index (χ0v) is 12.7. The molecule has 0 saturated carbocycles. The van der Waals surface area contributed by atoms with Crippen molar-refractivity contribution in [3.63, 3.8) is 0 Å². The minimum absolute atomic E-state index is 0.0427. The van der Waals surface area contributed by atoms with Crippen molar-refractivity contribution >= 4 is 27.6 Å². The molecule has 106 valence electrons. The zero-order valence-electron chi connectivity index (χ0n) is 11.1. The van der Waals surface area contributed by atoms with Crippen LogP contribution in [-0.4, -0.2) is 30.3 Å². The minimum Gasteiger partial charge on any atom is -0.487 e. The Hall–Kier alpha value is -1.50. The molecular formula is C12H17BrN2O4. The lowest BCUT2D eigenvalue weighted by atomic mass is 10.3. The molecule has 0 spiro atoms. The summed E-state index contributed by atoms with van der Waals surface area (Å²) in [7, 11) is 0. The highest BCUT2D eigenvalue weighted by Gasteiger charge is 2.16. The Morgan fingerprint density at radius 1 is 1.53 bits per heavy atom. The van der Waals surface area contributed by atoms with Crippen LogP contribution < -0.4 is 15.2 Å². The van der Waals surface area contributed by atoms with Gasteiger partial charge in [0.2, 0.25) is 5.88 Å². The van der Waals surface area contributed by atoms with Crippen molar-refractivity contribution in [2.45, 2.75) is 26.9 Å². The first-order valence-electron chi connectivity index (χ1n) is 5.84. The molecule has 0 fully saturated rings. The fourth-order valence-corrected chi connectivity index (χ4v) is 1.68. The Morgan fingerprint density at radius 2 is 2.21 bits per heavy atom. The Morgan fingerprint density at radius 3 is 2.79 bits per heavy atom. The largest absolute Gasteiger partial charge is 0.487 e. The van der Waals surface area contributed by atoms with E-state index in [1.165, 1.54) is 6.20 Å². The van der Waals surface area contributed by atoms with Crippen LogP contribution in [-0.2, 0) is 9.53 Å². The molecule has 0 atom stereocenters. The number of aromatic nitrogens is 1. The van der Waals surface area contributed by atoms with Crippen molar-refractivity contribution in [3.8, 4) is 11.6 Å². The van der Waals surface area contributed by atoms with Crippen molar-refractivity contribution < 1.29 is 19.0 Å². The lowest BCUT2D eigenvalue weighted by Gasteiger charge is -2.15. The van der Waals surface area contributed by atoms with Gasteiger partial charge >= 0.3 is 5.97 Å². The van der Waals surface area contributed by atoms with Crippen molar-refractivity contribution in [3.05, 3.63) is 10.7 Å². The van der Waals surface area contributed by atoms with Gasteiger partial charge < -0.3 is 19.9 Å². The molecule has 1 aromatic rings. The molecule has 1 rings (SSSR count). The number of ether oxygens (including phenoxy) is 3. The topological polar surface area (TPSA) is 83.7 Å². The molecule has 7 heteroatoms. The Labute approximate surface area is 120 Å². The van der Waals surface area contributed by atoms with Crippen molar-refractivity contribution in [1.29, 1.82) is 0 Å². The molecule has 0 unspecified atom stereocenters. The quantitative estimate of drug-likeness (QED) is 0.803. The van der Waals surface area contributed by atoms with E-state index < -0.39 is 5.97 Å². The first kappa shape index (κ1) is 15.6. The van der Waals surface area contributed by atoms with E-state index in [0.29, 0.717) is 16.8 Å². The standard InChI is InChI=1S/C12H17BrN2O4/c1-4-17-9(16)6-18-12-10(14)11(19-7(2)3)8(13)5-15-12/h5,7H,4,6,14H2,1-3H3. The molecular weight excluding hydrogens is 316 g/mol. The molecule has 0 aliphatic heterocycles. The number of hydrogen-bond donors (Lipinski definition) is 1. The normalized spacial score (nSPS) is 10.4. The number of nitrogens with two attached hydrogens (primary N) is 1. The highest BCUT2D eigenvalue weighted by atomic mass is 79.9. The number of hydrogen-bond acceptors (Lipinski definition) is 6. The van der Waals surface area contributed by atoms with E-state index in [1.807, 2.05) is 13.8 Å². The molecule has 0 aromatic carbocycles. The maximum atomic E-state index is 11.2. The van der Waals surface area contributed by atoms with Crippen LogP contribution in [0.5, 0.6) is 11.6 Å². The number of rotatable bonds is 6. The lowest BCUT2D eigenvalue weighted by Crippen LogP contribution is -2.16. The summed E-state index contributed by atoms with van der Waals surface area (Å²) in [6.45, 7) is 5.54. The number of carbonyl (C=O) groups is 1. The van der Waals surface area contributed by atoms with Gasteiger partial charge in [0.1, 0.15) is 5.69 Å². The monoisotopic (exact) mass is 332 g/mol. The van der Waals surface area contributed by atoms with E-state index in [9.17, 15) is 4.79 Å². The van der Waals surface area contributed by atoms with Crippen LogP contribution in [0.1, 0.15) is 20.8 Å². The van der Waals surface area contributed by atoms with Crippen LogP contribution in [0.25, 0.3) is 0 Å². The molecule has 0 aliphatic carbocycles. The van der Waals surface area contributed by atoms with Gasteiger partial charge in [0.25, 0.3) is 0 Å². The van der Waals surface area contributed by atoms with E-state index in [2.05, 4.69) is 20.9 Å². The number of carbonyl (C=O) groups excluding carboxylic acids is 1. The fourth-order valence-electron chi connectivity index (χ4n) is 1.27. The van der Waals surface area contributed by atoms with Gasteiger partial charge in [0.15, 0.2) is 12.4 Å². The van der Waals surface area contributed by atoms with E-state index in [1.54, 1.807) is 6.92 Å². The van der Waals surface area contributed by atoms with Gasteiger partial charge in [0.05, 0.1) is 17.2 Å². The highest BCUT2D eigenvalue weighted by Crippen LogP contribution is 2.36. The average Bonchev–Trinajstić information content (AvgIpc) is 2.33. The molecule has 0 amide bonds. The van der Waals surface area contributed by atoms with Crippen LogP contribution in [0, 0.1) is 0 Å². The molecule has 1 aromatic heterocycles. The van der Waals surface area contributed by atoms with Crippen molar-refractivity contribution in [2.24, 2.45) is 0 Å². The summed E-state index contributed by atoms with van der Waals surface area (Å²) < 4.78 is 16.2. The maximum absolute atomic E-state index is 11.2. The summed E-state index contributed by atoms with van der Waals surface area (Å²) in [5.74, 6) is 0.119. The molecule has 6 nitrogen and oxygen atoms in total. The third kappa shape index (κ3) is 4.59. The SMILES string of the molecule is CCOC(=O)COc1ncc(Br)c(OC(C)C)c1N. The van der Waals surface area contributed by atoms with E-state index >= 15 is 0 Å². The van der Waals surface area contributed by atoms with E-state index in [0.717, 1.165) is 0 Å². The van der Waals surface area contributed by atoms with Crippen LogP contribution in [0.4, 0.5) is 5.69 Å². The second-order valence-corrected chi connectivity index (χ2v) is 4.77. The summed E-state index contributed by atoms with van der Waals surface area (Å²) >= 11 is 3.30. The van der Waals surface area contributed by atoms with Gasteiger partial charge in [-0.05, 0) is 36.7 Å². The summed E-state index contributed by atoms with van der Waals surface area (Å²) in [5, 5.41) is 0. The average molecular weight is 333 g/mol. The number of esters is 1. The number of halogens is 1. The van der Waals surface area contributed by atoms with Crippen LogP contribution >= 0.6 is 15.9 Å². The molecule has 0 bridgehead atoms. The molecule has 0 aliphatic rings. The third-order valence-corrected chi connectivity index (χ3v) is 2.54. The summed E-state index contributed by atoms with van der Waals surface area (Å²) in [5.41, 5.74) is 6.14. The molecule has 0 radical (unpaired) electrons. The van der Waals surface area contributed by atoms with Gasteiger partial charge in [-0.25, -0.2) is 9.78 Å². The Kier molecular flexibility index (Phi) is 5.88. The number of nitrogen functional groups attached to an aromatic ring is 1. The van der Waals surface area contributed by atoms with Gasteiger partial charge in [0, 0.05) is 6.20 Å². The molecule has 2 N–H and O–H groups in total. The van der Waals surface area contributed by atoms with Crippen LogP contribution in [0.15, 0.2) is 10.7 Å². The maximum Gasteiger partial charge on any atom is 0.344 e. The van der Waals surface area contributed by atoms with Gasteiger partial charge in [-0.15, -0.1) is 0 Å². The Balaban J connectivity index is 2.82. The second kappa shape index (κ2) is 7.18. The Bertz CT molecular complexity index is 452. The fraction of sp³-hybridized carbons (Fsp3) is 0.500. The minimum atomic E-state index is -0.474. The molecule has 0 saturated heterocycles. The van der Waals surface area contributed by atoms with E-state index in [-0.39, 0.29) is 24.3 Å². The first-order chi connectivity index (χ1) is 8.95. The third-order valence-electron chi connectivity index (χ3n) is 1.97. The van der Waals surface area contributed by atoms with Gasteiger partial charge in [-0.3, -0.25) is 0 Å². The predicted octanol–water partition coefficient (Wildman–Crippen LogP) is 2.16. The van der Waals surface area contributed by atoms with Gasteiger partial charge in [-0.1, -0.05) is 0 Å². The number of pyridine rings is 1. The van der Waals surface area contributed by atoms with Crippen molar-refractivity contribution in [2.75, 3.05) is 18.9 Å². The summed E-state index contributed by atoms with van der Waals surface area (Å²) in [4.78, 5) is 15.2. The summed E-state index contributed by atoms with van der Waals surface area (Å²) in [6, 6.07) is 0.